The Morgan fingerprint density at radius 1 is 1.33 bits per heavy atom. The van der Waals surface area contributed by atoms with Crippen molar-refractivity contribution in [3.63, 3.8) is 0 Å². The lowest BCUT2D eigenvalue weighted by atomic mass is 10.1. The van der Waals surface area contributed by atoms with E-state index in [4.69, 9.17) is 0 Å². The normalized spacial score (nSPS) is 13.2. The molecule has 0 amide bonds. The van der Waals surface area contributed by atoms with Gasteiger partial charge < -0.3 is 10.2 Å². The maximum absolute atomic E-state index is 13.4. The van der Waals surface area contributed by atoms with Gasteiger partial charge in [-0.2, -0.15) is 0 Å². The van der Waals surface area contributed by atoms with Gasteiger partial charge in [-0.15, -0.1) is 0 Å². The number of halogens is 2. The Morgan fingerprint density at radius 3 is 2.53 bits per heavy atom. The summed E-state index contributed by atoms with van der Waals surface area (Å²) in [7, 11) is 5.52. The standard InChI is InChI=1S/C11H16F2N2/c1-14-11(7-15(2)3)9-6-8(12)4-5-10(9)13/h4-6,11,14H,7H2,1-3H3. The summed E-state index contributed by atoms with van der Waals surface area (Å²) in [4.78, 5) is 1.92. The maximum atomic E-state index is 13.4. The SMILES string of the molecule is CNC(CN(C)C)c1cc(F)ccc1F. The first-order valence-electron chi connectivity index (χ1n) is 4.81. The average molecular weight is 214 g/mol. The monoisotopic (exact) mass is 214 g/mol. The van der Waals surface area contributed by atoms with E-state index in [1.807, 2.05) is 19.0 Å². The zero-order chi connectivity index (χ0) is 11.4. The molecule has 15 heavy (non-hydrogen) atoms. The van der Waals surface area contributed by atoms with Gasteiger partial charge in [0, 0.05) is 18.2 Å². The van der Waals surface area contributed by atoms with Crippen LogP contribution in [0.4, 0.5) is 8.78 Å². The average Bonchev–Trinajstić information content (AvgIpc) is 2.18. The molecule has 1 unspecified atom stereocenters. The number of benzene rings is 1. The van der Waals surface area contributed by atoms with Gasteiger partial charge in [0.1, 0.15) is 11.6 Å². The summed E-state index contributed by atoms with van der Waals surface area (Å²) in [6, 6.07) is 3.32. The van der Waals surface area contributed by atoms with E-state index in [0.717, 1.165) is 12.1 Å². The molecule has 0 radical (unpaired) electrons. The number of nitrogens with one attached hydrogen (secondary N) is 1. The summed E-state index contributed by atoms with van der Waals surface area (Å²) < 4.78 is 26.4. The van der Waals surface area contributed by atoms with Gasteiger partial charge >= 0.3 is 0 Å². The van der Waals surface area contributed by atoms with Crippen LogP contribution in [0.5, 0.6) is 0 Å². The second kappa shape index (κ2) is 5.19. The minimum atomic E-state index is -0.412. The van der Waals surface area contributed by atoms with Gasteiger partial charge in [-0.25, -0.2) is 8.78 Å². The molecule has 0 heterocycles. The van der Waals surface area contributed by atoms with Gasteiger partial charge in [-0.3, -0.25) is 0 Å². The molecule has 84 valence electrons. The highest BCUT2D eigenvalue weighted by molar-refractivity contribution is 5.22. The van der Waals surface area contributed by atoms with Crippen LogP contribution in [0.25, 0.3) is 0 Å². The molecule has 1 aromatic carbocycles. The Hall–Kier alpha value is -1.00. The minimum absolute atomic E-state index is 0.198. The molecule has 1 atom stereocenters. The molecule has 0 bridgehead atoms. The fourth-order valence-electron chi connectivity index (χ4n) is 1.49. The quantitative estimate of drug-likeness (QED) is 0.822. The molecule has 0 spiro atoms. The highest BCUT2D eigenvalue weighted by Gasteiger charge is 2.15. The summed E-state index contributed by atoms with van der Waals surface area (Å²) in [5, 5.41) is 2.97. The van der Waals surface area contributed by atoms with E-state index in [9.17, 15) is 8.78 Å². The molecule has 2 nitrogen and oxygen atoms in total. The summed E-state index contributed by atoms with van der Waals surface area (Å²) >= 11 is 0. The van der Waals surface area contributed by atoms with E-state index in [0.29, 0.717) is 12.1 Å². The maximum Gasteiger partial charge on any atom is 0.128 e. The second-order valence-corrected chi connectivity index (χ2v) is 3.77. The van der Waals surface area contributed by atoms with Crippen molar-refractivity contribution in [1.29, 1.82) is 0 Å². The zero-order valence-electron chi connectivity index (χ0n) is 9.22. The zero-order valence-corrected chi connectivity index (χ0v) is 9.22. The Balaban J connectivity index is 2.95. The van der Waals surface area contributed by atoms with E-state index >= 15 is 0 Å². The van der Waals surface area contributed by atoms with Crippen molar-refractivity contribution in [2.75, 3.05) is 27.7 Å². The van der Waals surface area contributed by atoms with Crippen LogP contribution in [0.1, 0.15) is 11.6 Å². The number of rotatable bonds is 4. The molecule has 0 aromatic heterocycles. The van der Waals surface area contributed by atoms with Gasteiger partial charge in [-0.05, 0) is 39.3 Å². The Morgan fingerprint density at radius 2 is 2.00 bits per heavy atom. The fraction of sp³-hybridized carbons (Fsp3) is 0.455. The highest BCUT2D eigenvalue weighted by atomic mass is 19.1. The van der Waals surface area contributed by atoms with Crippen molar-refractivity contribution < 1.29 is 8.78 Å². The lowest BCUT2D eigenvalue weighted by Gasteiger charge is -2.21. The lowest BCUT2D eigenvalue weighted by Crippen LogP contribution is -2.29. The van der Waals surface area contributed by atoms with Gasteiger partial charge in [0.25, 0.3) is 0 Å². The smallest absolute Gasteiger partial charge is 0.128 e. The van der Waals surface area contributed by atoms with Crippen LogP contribution in [0, 0.1) is 11.6 Å². The summed E-state index contributed by atoms with van der Waals surface area (Å²) in [5.74, 6) is -0.789. The first kappa shape index (κ1) is 12.1. The molecular weight excluding hydrogens is 198 g/mol. The molecule has 0 aliphatic rings. The van der Waals surface area contributed by atoms with Crippen molar-refractivity contribution in [2.24, 2.45) is 0 Å². The molecule has 0 saturated carbocycles. The van der Waals surface area contributed by atoms with Crippen LogP contribution >= 0.6 is 0 Å². The minimum Gasteiger partial charge on any atom is -0.312 e. The topological polar surface area (TPSA) is 15.3 Å². The van der Waals surface area contributed by atoms with Crippen molar-refractivity contribution in [1.82, 2.24) is 10.2 Å². The molecule has 0 fully saturated rings. The number of hydrogen-bond donors (Lipinski definition) is 1. The van der Waals surface area contributed by atoms with Crippen LogP contribution in [0.15, 0.2) is 18.2 Å². The van der Waals surface area contributed by atoms with E-state index in [1.165, 1.54) is 6.07 Å². The predicted molar refractivity (Wildman–Crippen MR) is 56.7 cm³/mol. The van der Waals surface area contributed by atoms with Gasteiger partial charge in [-0.1, -0.05) is 0 Å². The van der Waals surface area contributed by atoms with Crippen LogP contribution in [0.3, 0.4) is 0 Å². The third-order valence-electron chi connectivity index (χ3n) is 2.23. The first-order chi connectivity index (χ1) is 7.04. The van der Waals surface area contributed by atoms with Crippen molar-refractivity contribution in [3.05, 3.63) is 35.4 Å². The lowest BCUT2D eigenvalue weighted by molar-refractivity contribution is 0.346. The number of hydrogen-bond acceptors (Lipinski definition) is 2. The van der Waals surface area contributed by atoms with E-state index < -0.39 is 5.82 Å². The Labute approximate surface area is 88.9 Å². The molecular formula is C11H16F2N2. The molecule has 4 heteroatoms. The van der Waals surface area contributed by atoms with Gasteiger partial charge in [0.2, 0.25) is 0 Å². The summed E-state index contributed by atoms with van der Waals surface area (Å²) in [6.45, 7) is 0.622. The van der Waals surface area contributed by atoms with Crippen LogP contribution in [0.2, 0.25) is 0 Å². The Kier molecular flexibility index (Phi) is 4.17. The molecule has 0 aliphatic heterocycles. The van der Waals surface area contributed by atoms with Gasteiger partial charge in [0.05, 0.1) is 0 Å². The first-order valence-corrected chi connectivity index (χ1v) is 4.81. The number of likely N-dealkylation sites (N-methyl/N-ethyl adjacent to an activating group) is 2. The molecule has 1 aromatic rings. The molecule has 1 N–H and O–H groups in total. The van der Waals surface area contributed by atoms with E-state index in [-0.39, 0.29) is 11.9 Å². The second-order valence-electron chi connectivity index (χ2n) is 3.77. The van der Waals surface area contributed by atoms with Crippen molar-refractivity contribution in [3.8, 4) is 0 Å². The van der Waals surface area contributed by atoms with Crippen LogP contribution in [-0.2, 0) is 0 Å². The predicted octanol–water partition coefficient (Wildman–Crippen LogP) is 1.79. The molecule has 0 saturated heterocycles. The summed E-state index contributed by atoms with van der Waals surface area (Å²) in [6.07, 6.45) is 0. The van der Waals surface area contributed by atoms with Crippen molar-refractivity contribution in [2.45, 2.75) is 6.04 Å². The molecule has 0 aliphatic carbocycles. The van der Waals surface area contributed by atoms with E-state index in [2.05, 4.69) is 5.32 Å². The largest absolute Gasteiger partial charge is 0.312 e. The third-order valence-corrected chi connectivity index (χ3v) is 2.23. The highest BCUT2D eigenvalue weighted by Crippen LogP contribution is 2.18. The van der Waals surface area contributed by atoms with E-state index in [1.54, 1.807) is 7.05 Å². The van der Waals surface area contributed by atoms with Crippen LogP contribution < -0.4 is 5.32 Å². The van der Waals surface area contributed by atoms with Gasteiger partial charge in [0.15, 0.2) is 0 Å². The third kappa shape index (κ3) is 3.25. The van der Waals surface area contributed by atoms with Crippen LogP contribution in [-0.4, -0.2) is 32.6 Å². The fourth-order valence-corrected chi connectivity index (χ4v) is 1.49. The Bertz CT molecular complexity index is 326. The summed E-state index contributed by atoms with van der Waals surface area (Å²) in [5.41, 5.74) is 0.367. The van der Waals surface area contributed by atoms with Crippen molar-refractivity contribution >= 4 is 0 Å². The molecule has 1 rings (SSSR count). The number of nitrogens with zero attached hydrogens (tertiary/aromatic N) is 1.